The van der Waals surface area contributed by atoms with Crippen LogP contribution in [0.4, 0.5) is 0 Å². The Morgan fingerprint density at radius 3 is 2.63 bits per heavy atom. The molecule has 3 aromatic rings. The second kappa shape index (κ2) is 8.41. The minimum absolute atomic E-state index is 0.0213. The third kappa shape index (κ3) is 4.01. The van der Waals surface area contributed by atoms with Crippen LogP contribution in [0, 0.1) is 5.92 Å². The molecule has 0 radical (unpaired) electrons. The standard InChI is InChI=1S/C26H28N2O2/c1-19-17-28(15-12-26(19,2)23-8-5-7-21(16-23)25(29)30)18-22-6-3-4-9-24(22)20-10-13-27-14-11-20/h3-11,13-14,16,19H,12,15,17-18H2,1-2H3,(H,29,30). The van der Waals surface area contributed by atoms with Gasteiger partial charge in [-0.2, -0.15) is 0 Å². The Labute approximate surface area is 178 Å². The molecule has 2 unspecified atom stereocenters. The Balaban J connectivity index is 1.52. The molecule has 1 fully saturated rings. The van der Waals surface area contributed by atoms with Gasteiger partial charge in [-0.15, -0.1) is 0 Å². The van der Waals surface area contributed by atoms with E-state index >= 15 is 0 Å². The van der Waals surface area contributed by atoms with Crippen molar-refractivity contribution in [1.29, 1.82) is 0 Å². The number of aromatic carboxylic acids is 1. The molecule has 0 saturated carbocycles. The molecule has 30 heavy (non-hydrogen) atoms. The number of nitrogens with zero attached hydrogens (tertiary/aromatic N) is 2. The molecule has 0 bridgehead atoms. The number of hydrogen-bond donors (Lipinski definition) is 1. The normalized spacial score (nSPS) is 22.0. The highest BCUT2D eigenvalue weighted by Gasteiger charge is 2.38. The molecule has 0 aliphatic carbocycles. The van der Waals surface area contributed by atoms with Gasteiger partial charge >= 0.3 is 5.97 Å². The van der Waals surface area contributed by atoms with Crippen LogP contribution in [0.5, 0.6) is 0 Å². The summed E-state index contributed by atoms with van der Waals surface area (Å²) in [4.78, 5) is 18.1. The molecule has 154 valence electrons. The summed E-state index contributed by atoms with van der Waals surface area (Å²) in [5, 5.41) is 9.37. The number of benzene rings is 2. The molecule has 4 nitrogen and oxygen atoms in total. The average molecular weight is 401 g/mol. The van der Waals surface area contributed by atoms with Crippen LogP contribution in [0.2, 0.25) is 0 Å². The van der Waals surface area contributed by atoms with Crippen molar-refractivity contribution in [2.75, 3.05) is 13.1 Å². The van der Waals surface area contributed by atoms with Gasteiger partial charge in [-0.05, 0) is 70.8 Å². The molecular formula is C26H28N2O2. The molecule has 0 spiro atoms. The molecule has 1 aromatic heterocycles. The maximum atomic E-state index is 11.4. The Kier molecular flexibility index (Phi) is 5.69. The number of rotatable bonds is 5. The van der Waals surface area contributed by atoms with Gasteiger partial charge in [0, 0.05) is 25.5 Å². The lowest BCUT2D eigenvalue weighted by atomic mass is 9.67. The highest BCUT2D eigenvalue weighted by molar-refractivity contribution is 5.87. The van der Waals surface area contributed by atoms with Gasteiger partial charge in [-0.3, -0.25) is 9.88 Å². The third-order valence-corrected chi connectivity index (χ3v) is 6.74. The zero-order valence-electron chi connectivity index (χ0n) is 17.6. The van der Waals surface area contributed by atoms with E-state index in [0.717, 1.165) is 31.6 Å². The number of carbonyl (C=O) groups is 1. The summed E-state index contributed by atoms with van der Waals surface area (Å²) in [7, 11) is 0. The number of hydrogen-bond acceptors (Lipinski definition) is 3. The van der Waals surface area contributed by atoms with E-state index < -0.39 is 5.97 Å². The van der Waals surface area contributed by atoms with Gasteiger partial charge in [-0.1, -0.05) is 50.2 Å². The predicted molar refractivity (Wildman–Crippen MR) is 119 cm³/mol. The van der Waals surface area contributed by atoms with Crippen LogP contribution in [-0.2, 0) is 12.0 Å². The highest BCUT2D eigenvalue weighted by Crippen LogP contribution is 2.40. The number of carboxylic acids is 1. The van der Waals surface area contributed by atoms with E-state index in [1.807, 2.05) is 24.5 Å². The average Bonchev–Trinajstić information content (AvgIpc) is 2.77. The number of piperidine rings is 1. The van der Waals surface area contributed by atoms with Crippen LogP contribution in [0.25, 0.3) is 11.1 Å². The van der Waals surface area contributed by atoms with Crippen molar-refractivity contribution in [1.82, 2.24) is 9.88 Å². The summed E-state index contributed by atoms with van der Waals surface area (Å²) in [6.07, 6.45) is 4.69. The summed E-state index contributed by atoms with van der Waals surface area (Å²) in [5.41, 5.74) is 5.26. The smallest absolute Gasteiger partial charge is 0.335 e. The Morgan fingerprint density at radius 2 is 1.90 bits per heavy atom. The largest absolute Gasteiger partial charge is 0.478 e. The van der Waals surface area contributed by atoms with E-state index in [1.54, 1.807) is 6.07 Å². The van der Waals surface area contributed by atoms with E-state index in [-0.39, 0.29) is 5.41 Å². The lowest BCUT2D eigenvalue weighted by Crippen LogP contribution is -2.47. The van der Waals surface area contributed by atoms with Crippen LogP contribution < -0.4 is 0 Å². The van der Waals surface area contributed by atoms with Crippen molar-refractivity contribution in [3.63, 3.8) is 0 Å². The SMILES string of the molecule is CC1CN(Cc2ccccc2-c2ccncc2)CCC1(C)c1cccc(C(=O)O)c1. The fourth-order valence-electron chi connectivity index (χ4n) is 4.61. The van der Waals surface area contributed by atoms with Crippen LogP contribution in [-0.4, -0.2) is 34.0 Å². The zero-order valence-corrected chi connectivity index (χ0v) is 17.6. The van der Waals surface area contributed by atoms with Crippen LogP contribution in [0.15, 0.2) is 73.1 Å². The van der Waals surface area contributed by atoms with Gasteiger partial charge in [0.25, 0.3) is 0 Å². The first-order valence-corrected chi connectivity index (χ1v) is 10.5. The molecule has 1 saturated heterocycles. The van der Waals surface area contributed by atoms with Crippen LogP contribution >= 0.6 is 0 Å². The van der Waals surface area contributed by atoms with Crippen molar-refractivity contribution in [3.05, 3.63) is 89.7 Å². The number of likely N-dealkylation sites (tertiary alicyclic amines) is 1. The number of aromatic nitrogens is 1. The lowest BCUT2D eigenvalue weighted by Gasteiger charge is -2.45. The summed E-state index contributed by atoms with van der Waals surface area (Å²) in [6.45, 7) is 7.45. The van der Waals surface area contributed by atoms with Crippen molar-refractivity contribution in [2.24, 2.45) is 5.92 Å². The van der Waals surface area contributed by atoms with E-state index in [2.05, 4.69) is 66.2 Å². The third-order valence-electron chi connectivity index (χ3n) is 6.74. The predicted octanol–water partition coefficient (Wildman–Crippen LogP) is 5.25. The Morgan fingerprint density at radius 1 is 1.13 bits per heavy atom. The first-order valence-electron chi connectivity index (χ1n) is 10.5. The molecule has 2 aromatic carbocycles. The topological polar surface area (TPSA) is 53.4 Å². The Bertz CT molecular complexity index is 1030. The molecule has 1 N–H and O–H groups in total. The van der Waals surface area contributed by atoms with E-state index in [0.29, 0.717) is 11.5 Å². The van der Waals surface area contributed by atoms with Crippen LogP contribution in [0.3, 0.4) is 0 Å². The van der Waals surface area contributed by atoms with Gasteiger partial charge in [0.15, 0.2) is 0 Å². The summed E-state index contributed by atoms with van der Waals surface area (Å²) >= 11 is 0. The van der Waals surface area contributed by atoms with Gasteiger partial charge in [0.1, 0.15) is 0 Å². The molecular weight excluding hydrogens is 372 g/mol. The molecule has 4 heteroatoms. The molecule has 2 atom stereocenters. The number of carboxylic acid groups (broad SMARTS) is 1. The van der Waals surface area contributed by atoms with Crippen molar-refractivity contribution in [3.8, 4) is 11.1 Å². The first-order chi connectivity index (χ1) is 14.5. The first kappa shape index (κ1) is 20.3. The van der Waals surface area contributed by atoms with Gasteiger partial charge in [0.2, 0.25) is 0 Å². The van der Waals surface area contributed by atoms with Gasteiger partial charge in [-0.25, -0.2) is 4.79 Å². The van der Waals surface area contributed by atoms with Gasteiger partial charge in [0.05, 0.1) is 5.56 Å². The van der Waals surface area contributed by atoms with Crippen molar-refractivity contribution < 1.29 is 9.90 Å². The highest BCUT2D eigenvalue weighted by atomic mass is 16.4. The fraction of sp³-hybridized carbons (Fsp3) is 0.308. The quantitative estimate of drug-likeness (QED) is 0.636. The molecule has 1 aliphatic rings. The maximum Gasteiger partial charge on any atom is 0.335 e. The van der Waals surface area contributed by atoms with E-state index in [1.165, 1.54) is 16.7 Å². The fourth-order valence-corrected chi connectivity index (χ4v) is 4.61. The van der Waals surface area contributed by atoms with Crippen molar-refractivity contribution in [2.45, 2.75) is 32.2 Å². The molecule has 4 rings (SSSR count). The van der Waals surface area contributed by atoms with Crippen molar-refractivity contribution >= 4 is 5.97 Å². The van der Waals surface area contributed by atoms with Crippen LogP contribution in [0.1, 0.15) is 41.8 Å². The second-order valence-corrected chi connectivity index (χ2v) is 8.58. The number of pyridine rings is 1. The summed E-state index contributed by atoms with van der Waals surface area (Å²) in [5.74, 6) is -0.443. The van der Waals surface area contributed by atoms with Gasteiger partial charge < -0.3 is 5.11 Å². The second-order valence-electron chi connectivity index (χ2n) is 8.58. The summed E-state index contributed by atoms with van der Waals surface area (Å²) < 4.78 is 0. The lowest BCUT2D eigenvalue weighted by molar-refractivity contribution is 0.0696. The summed E-state index contributed by atoms with van der Waals surface area (Å²) in [6, 6.07) is 20.2. The molecule has 2 heterocycles. The maximum absolute atomic E-state index is 11.4. The minimum atomic E-state index is -0.863. The monoisotopic (exact) mass is 400 g/mol. The zero-order chi connectivity index (χ0) is 21.1. The van der Waals surface area contributed by atoms with E-state index in [4.69, 9.17) is 0 Å². The Hall–Kier alpha value is -2.98. The minimum Gasteiger partial charge on any atom is -0.478 e. The molecule has 1 aliphatic heterocycles. The van der Waals surface area contributed by atoms with E-state index in [9.17, 15) is 9.90 Å². The molecule has 0 amide bonds.